The first-order valence-electron chi connectivity index (χ1n) is 8.59. The summed E-state index contributed by atoms with van der Waals surface area (Å²) in [4.78, 5) is 52.9. The minimum atomic E-state index is -0.757. The highest BCUT2D eigenvalue weighted by Crippen LogP contribution is 2.32. The Bertz CT molecular complexity index is 1140. The molecule has 0 radical (unpaired) electrons. The van der Waals surface area contributed by atoms with Crippen LogP contribution >= 0.6 is 23.1 Å². The highest BCUT2D eigenvalue weighted by molar-refractivity contribution is 8.18. The fourth-order valence-corrected chi connectivity index (χ4v) is 3.99. The zero-order valence-corrected chi connectivity index (χ0v) is 17.4. The number of rotatable bonds is 7. The highest BCUT2D eigenvalue weighted by atomic mass is 32.2. The third-order valence-electron chi connectivity index (χ3n) is 3.73. The molecule has 2 heterocycles. The molecule has 160 valence electrons. The third-order valence-corrected chi connectivity index (χ3v) is 5.42. The number of amidine groups is 1. The number of nitrogens with zero attached hydrogens (tertiary/aromatic N) is 4. The van der Waals surface area contributed by atoms with E-state index in [-0.39, 0.29) is 28.7 Å². The van der Waals surface area contributed by atoms with Crippen LogP contribution in [0.15, 0.2) is 33.5 Å². The summed E-state index contributed by atoms with van der Waals surface area (Å²) in [5.74, 6) is -0.940. The van der Waals surface area contributed by atoms with Crippen LogP contribution in [0.5, 0.6) is 0 Å². The summed E-state index contributed by atoms with van der Waals surface area (Å²) in [5, 5.41) is 26.8. The Morgan fingerprint density at radius 3 is 2.77 bits per heavy atom. The van der Waals surface area contributed by atoms with Crippen molar-refractivity contribution in [1.82, 2.24) is 10.3 Å². The van der Waals surface area contributed by atoms with Gasteiger partial charge in [-0.05, 0) is 30.8 Å². The number of thioether (sulfide) groups is 1. The normalized spacial score (nSPS) is 15.8. The van der Waals surface area contributed by atoms with E-state index in [4.69, 9.17) is 4.74 Å². The zero-order chi connectivity index (χ0) is 22.5. The van der Waals surface area contributed by atoms with Crippen LogP contribution in [0.25, 0.3) is 6.08 Å². The number of carbonyl (C=O) groups excluding carboxylic acids is 2. The number of aromatic nitrogens is 1. The highest BCUT2D eigenvalue weighted by Gasteiger charge is 2.26. The monoisotopic (exact) mass is 463 g/mol. The number of nitro benzene ring substituents is 2. The number of aliphatic imine (C=N–C) groups is 1. The molecule has 1 amide bonds. The van der Waals surface area contributed by atoms with Gasteiger partial charge in [-0.25, -0.2) is 4.98 Å². The fourth-order valence-electron chi connectivity index (χ4n) is 2.42. The van der Waals surface area contributed by atoms with E-state index < -0.39 is 33.1 Å². The number of carbonyl (C=O) groups is 2. The van der Waals surface area contributed by atoms with Crippen LogP contribution in [-0.2, 0) is 20.7 Å². The molecule has 12 nitrogen and oxygen atoms in total. The number of hydrogen-bond donors (Lipinski definition) is 1. The lowest BCUT2D eigenvalue weighted by Crippen LogP contribution is -2.19. The van der Waals surface area contributed by atoms with E-state index in [1.54, 1.807) is 12.3 Å². The van der Waals surface area contributed by atoms with Gasteiger partial charge in [0, 0.05) is 11.4 Å². The summed E-state index contributed by atoms with van der Waals surface area (Å²) in [6.07, 6.45) is 1.27. The van der Waals surface area contributed by atoms with E-state index in [2.05, 4.69) is 15.3 Å². The molecule has 14 heteroatoms. The molecular formula is C17H13N5O7S2. The van der Waals surface area contributed by atoms with Crippen molar-refractivity contribution >= 4 is 62.7 Å². The largest absolute Gasteiger partial charge is 0.466 e. The Morgan fingerprint density at radius 1 is 1.32 bits per heavy atom. The van der Waals surface area contributed by atoms with Gasteiger partial charge in [-0.15, -0.1) is 11.3 Å². The Morgan fingerprint density at radius 2 is 2.10 bits per heavy atom. The molecule has 2 aromatic rings. The van der Waals surface area contributed by atoms with Crippen LogP contribution in [-0.4, -0.2) is 38.5 Å². The van der Waals surface area contributed by atoms with Crippen LogP contribution in [0, 0.1) is 20.2 Å². The maximum Gasteiger partial charge on any atom is 0.311 e. The molecule has 1 aliphatic rings. The SMILES string of the molecule is CCOC(=O)Cc1csc(/N=C2/NC(=O)/C(=C/c3ccc([N+](=O)[O-])cc3[N+](=O)[O-])S2)n1. The molecule has 1 N–H and O–H groups in total. The predicted molar refractivity (Wildman–Crippen MR) is 113 cm³/mol. The van der Waals surface area contributed by atoms with Crippen molar-refractivity contribution in [3.05, 3.63) is 60.0 Å². The van der Waals surface area contributed by atoms with Crippen molar-refractivity contribution in [2.24, 2.45) is 4.99 Å². The average Bonchev–Trinajstić information content (AvgIpc) is 3.28. The van der Waals surface area contributed by atoms with E-state index in [1.165, 1.54) is 23.5 Å². The number of ether oxygens (including phenoxy) is 1. The number of nitro groups is 2. The second-order valence-electron chi connectivity index (χ2n) is 5.84. The third kappa shape index (κ3) is 5.49. The quantitative estimate of drug-likeness (QED) is 0.281. The maximum atomic E-state index is 12.2. The molecule has 1 fully saturated rings. The van der Waals surface area contributed by atoms with Gasteiger partial charge in [-0.1, -0.05) is 0 Å². The number of non-ortho nitro benzene ring substituents is 1. The predicted octanol–water partition coefficient (Wildman–Crippen LogP) is 2.96. The molecule has 1 saturated heterocycles. The minimum Gasteiger partial charge on any atom is -0.466 e. The molecule has 0 atom stereocenters. The minimum absolute atomic E-state index is 0.00363. The topological polar surface area (TPSA) is 167 Å². The van der Waals surface area contributed by atoms with Gasteiger partial charge in [0.05, 0.1) is 45.1 Å². The number of amides is 1. The maximum absolute atomic E-state index is 12.2. The van der Waals surface area contributed by atoms with Crippen molar-refractivity contribution < 1.29 is 24.2 Å². The molecular weight excluding hydrogens is 450 g/mol. The Kier molecular flexibility index (Phi) is 6.71. The number of thiazole rings is 1. The van der Waals surface area contributed by atoms with Crippen molar-refractivity contribution in [2.75, 3.05) is 6.61 Å². The Labute approximate surface area is 182 Å². The van der Waals surface area contributed by atoms with Gasteiger partial charge >= 0.3 is 5.97 Å². The summed E-state index contributed by atoms with van der Waals surface area (Å²) < 4.78 is 4.86. The Balaban J connectivity index is 1.80. The summed E-state index contributed by atoms with van der Waals surface area (Å²) >= 11 is 2.11. The lowest BCUT2D eigenvalue weighted by atomic mass is 10.1. The molecule has 0 aliphatic carbocycles. The van der Waals surface area contributed by atoms with Crippen molar-refractivity contribution in [1.29, 1.82) is 0 Å². The van der Waals surface area contributed by atoms with E-state index in [0.29, 0.717) is 10.8 Å². The van der Waals surface area contributed by atoms with Gasteiger partial charge in [-0.3, -0.25) is 29.8 Å². The Hall–Kier alpha value is -3.65. The van der Waals surface area contributed by atoms with Crippen LogP contribution in [0.4, 0.5) is 16.5 Å². The van der Waals surface area contributed by atoms with E-state index in [1.807, 2.05) is 0 Å². The average molecular weight is 463 g/mol. The van der Waals surface area contributed by atoms with Crippen LogP contribution < -0.4 is 5.32 Å². The molecule has 0 spiro atoms. The lowest BCUT2D eigenvalue weighted by Gasteiger charge is -1.99. The van der Waals surface area contributed by atoms with Crippen LogP contribution in [0.1, 0.15) is 18.2 Å². The number of esters is 1. The van der Waals surface area contributed by atoms with Crippen LogP contribution in [0.3, 0.4) is 0 Å². The van der Waals surface area contributed by atoms with Crippen LogP contribution in [0.2, 0.25) is 0 Å². The second kappa shape index (κ2) is 9.44. The van der Waals surface area contributed by atoms with Gasteiger partial charge in [0.25, 0.3) is 17.3 Å². The zero-order valence-electron chi connectivity index (χ0n) is 15.8. The summed E-state index contributed by atoms with van der Waals surface area (Å²) in [6, 6.07) is 3.15. The van der Waals surface area contributed by atoms with E-state index in [0.717, 1.165) is 23.9 Å². The van der Waals surface area contributed by atoms with Crippen molar-refractivity contribution in [3.63, 3.8) is 0 Å². The first-order valence-corrected chi connectivity index (χ1v) is 10.3. The lowest BCUT2D eigenvalue weighted by molar-refractivity contribution is -0.394. The molecule has 0 unspecified atom stereocenters. The fraction of sp³-hybridized carbons (Fsp3) is 0.176. The molecule has 31 heavy (non-hydrogen) atoms. The van der Waals surface area contributed by atoms with Crippen molar-refractivity contribution in [3.8, 4) is 0 Å². The smallest absolute Gasteiger partial charge is 0.311 e. The van der Waals surface area contributed by atoms with E-state index in [9.17, 15) is 29.8 Å². The molecule has 0 bridgehead atoms. The molecule has 1 aliphatic heterocycles. The number of benzene rings is 1. The first kappa shape index (κ1) is 22.0. The van der Waals surface area contributed by atoms with Gasteiger partial charge < -0.3 is 10.1 Å². The summed E-state index contributed by atoms with van der Waals surface area (Å²) in [5.41, 5.74) is -0.402. The molecule has 0 saturated carbocycles. The van der Waals surface area contributed by atoms with Crippen molar-refractivity contribution in [2.45, 2.75) is 13.3 Å². The standard InChI is InChI=1S/C17H13N5O7S2/c1-2-29-14(23)6-10-8-30-16(18-10)20-17-19-15(24)13(31-17)5-9-3-4-11(21(25)26)7-12(9)22(27)28/h3-5,7-8H,2,6H2,1H3,(H,18,19,20,24)/b13-5-. The van der Waals surface area contributed by atoms with E-state index >= 15 is 0 Å². The second-order valence-corrected chi connectivity index (χ2v) is 7.71. The molecule has 1 aromatic carbocycles. The number of hydrogen-bond acceptors (Lipinski definition) is 11. The summed E-state index contributed by atoms with van der Waals surface area (Å²) in [6.45, 7) is 1.97. The van der Waals surface area contributed by atoms with Gasteiger partial charge in [0.2, 0.25) is 5.13 Å². The van der Waals surface area contributed by atoms with Gasteiger partial charge in [-0.2, -0.15) is 4.99 Å². The van der Waals surface area contributed by atoms with Gasteiger partial charge in [0.15, 0.2) is 5.17 Å². The summed E-state index contributed by atoms with van der Waals surface area (Å²) in [7, 11) is 0. The van der Waals surface area contributed by atoms with Gasteiger partial charge in [0.1, 0.15) is 0 Å². The molecule has 1 aromatic heterocycles. The molecule has 3 rings (SSSR count). The number of nitrogens with one attached hydrogen (secondary N) is 1. The first-order chi connectivity index (χ1) is 14.8.